The maximum atomic E-state index is 12.5. The van der Waals surface area contributed by atoms with Gasteiger partial charge in [0.2, 0.25) is 0 Å². The van der Waals surface area contributed by atoms with Gasteiger partial charge in [-0.25, -0.2) is 0 Å². The molecular formula is C16H17F2NO2S. The minimum absolute atomic E-state index is 0.0361. The highest BCUT2D eigenvalue weighted by Gasteiger charge is 2.19. The van der Waals surface area contributed by atoms with Crippen molar-refractivity contribution in [3.8, 4) is 5.75 Å². The molecule has 2 rings (SSSR count). The molecule has 0 bridgehead atoms. The van der Waals surface area contributed by atoms with Crippen molar-refractivity contribution in [2.45, 2.75) is 33.3 Å². The number of alkyl halides is 2. The maximum Gasteiger partial charge on any atom is 0.387 e. The molecule has 2 aromatic rings. The van der Waals surface area contributed by atoms with Gasteiger partial charge in [0.1, 0.15) is 5.75 Å². The number of hydrogen-bond donors (Lipinski definition) is 1. The van der Waals surface area contributed by atoms with Gasteiger partial charge < -0.3 is 10.1 Å². The number of anilines is 1. The first-order valence-corrected chi connectivity index (χ1v) is 7.71. The van der Waals surface area contributed by atoms with Gasteiger partial charge >= 0.3 is 6.61 Å². The van der Waals surface area contributed by atoms with E-state index < -0.39 is 6.61 Å². The number of carbonyl (C=O) groups is 1. The summed E-state index contributed by atoms with van der Waals surface area (Å²) >= 11 is 1.33. The Morgan fingerprint density at radius 2 is 2.00 bits per heavy atom. The molecule has 1 aromatic carbocycles. The first-order valence-electron chi connectivity index (χ1n) is 6.83. The Kier molecular flexibility index (Phi) is 5.13. The van der Waals surface area contributed by atoms with E-state index in [1.165, 1.54) is 17.4 Å². The molecule has 22 heavy (non-hydrogen) atoms. The Hall–Kier alpha value is -1.95. The van der Waals surface area contributed by atoms with Crippen molar-refractivity contribution in [1.82, 2.24) is 0 Å². The summed E-state index contributed by atoms with van der Waals surface area (Å²) in [4.78, 5) is 13.0. The fourth-order valence-electron chi connectivity index (χ4n) is 2.12. The number of halogens is 2. The molecule has 0 radical (unpaired) electrons. The third-order valence-electron chi connectivity index (χ3n) is 3.21. The summed E-state index contributed by atoms with van der Waals surface area (Å²) in [5, 5.41) is 4.54. The van der Waals surface area contributed by atoms with Crippen molar-refractivity contribution < 1.29 is 18.3 Å². The first-order chi connectivity index (χ1) is 10.4. The minimum Gasteiger partial charge on any atom is -0.433 e. The normalized spacial score (nSPS) is 11.0. The molecule has 0 aliphatic carbocycles. The Labute approximate surface area is 131 Å². The second-order valence-electron chi connectivity index (χ2n) is 5.14. The number of carbonyl (C=O) groups excluding carboxylic acids is 1. The van der Waals surface area contributed by atoms with E-state index in [1.807, 2.05) is 25.3 Å². The minimum atomic E-state index is -2.94. The summed E-state index contributed by atoms with van der Waals surface area (Å²) < 4.78 is 29.4. The van der Waals surface area contributed by atoms with E-state index >= 15 is 0 Å². The van der Waals surface area contributed by atoms with Crippen LogP contribution in [0.15, 0.2) is 29.6 Å². The summed E-state index contributed by atoms with van der Waals surface area (Å²) in [7, 11) is 0. The van der Waals surface area contributed by atoms with Crippen LogP contribution in [0.25, 0.3) is 0 Å². The van der Waals surface area contributed by atoms with Gasteiger partial charge in [-0.2, -0.15) is 8.78 Å². The lowest BCUT2D eigenvalue weighted by Crippen LogP contribution is -2.15. The van der Waals surface area contributed by atoms with E-state index in [0.717, 1.165) is 5.56 Å². The van der Waals surface area contributed by atoms with E-state index in [1.54, 1.807) is 19.1 Å². The maximum absolute atomic E-state index is 12.5. The third kappa shape index (κ3) is 3.62. The van der Waals surface area contributed by atoms with Gasteiger partial charge in [-0.3, -0.25) is 4.79 Å². The summed E-state index contributed by atoms with van der Waals surface area (Å²) in [6.07, 6.45) is 0. The van der Waals surface area contributed by atoms with Gasteiger partial charge in [0.15, 0.2) is 0 Å². The highest BCUT2D eigenvalue weighted by Crippen LogP contribution is 2.31. The van der Waals surface area contributed by atoms with Crippen LogP contribution in [0.1, 0.15) is 40.6 Å². The number of amides is 1. The number of nitrogens with one attached hydrogen (secondary N) is 1. The van der Waals surface area contributed by atoms with Crippen LogP contribution in [0.3, 0.4) is 0 Å². The zero-order valence-electron chi connectivity index (χ0n) is 12.5. The largest absolute Gasteiger partial charge is 0.433 e. The van der Waals surface area contributed by atoms with Gasteiger partial charge in [-0.1, -0.05) is 26.0 Å². The highest BCUT2D eigenvalue weighted by atomic mass is 32.1. The van der Waals surface area contributed by atoms with Gasteiger partial charge in [0, 0.05) is 0 Å². The van der Waals surface area contributed by atoms with Crippen LogP contribution in [-0.4, -0.2) is 12.5 Å². The van der Waals surface area contributed by atoms with Crippen LogP contribution in [0.4, 0.5) is 14.5 Å². The summed E-state index contributed by atoms with van der Waals surface area (Å²) in [5.74, 6) is -0.140. The Morgan fingerprint density at radius 3 is 2.64 bits per heavy atom. The molecule has 0 fully saturated rings. The van der Waals surface area contributed by atoms with Crippen molar-refractivity contribution in [2.24, 2.45) is 0 Å². The van der Waals surface area contributed by atoms with Gasteiger partial charge in [0.25, 0.3) is 5.91 Å². The van der Waals surface area contributed by atoms with E-state index in [4.69, 9.17) is 0 Å². The molecule has 6 heteroatoms. The van der Waals surface area contributed by atoms with Gasteiger partial charge in [-0.05, 0) is 41.5 Å². The molecule has 0 spiro atoms. The topological polar surface area (TPSA) is 38.3 Å². The number of rotatable bonds is 5. The molecule has 3 nitrogen and oxygen atoms in total. The third-order valence-corrected chi connectivity index (χ3v) is 4.14. The van der Waals surface area contributed by atoms with E-state index in [2.05, 4.69) is 10.1 Å². The Balaban J connectivity index is 2.30. The summed E-state index contributed by atoms with van der Waals surface area (Å²) in [6.45, 7) is 2.78. The molecule has 0 atom stereocenters. The first kappa shape index (κ1) is 16.4. The number of thiophene rings is 1. The zero-order chi connectivity index (χ0) is 16.3. The average Bonchev–Trinajstić information content (AvgIpc) is 2.91. The molecule has 1 amide bonds. The van der Waals surface area contributed by atoms with Crippen molar-refractivity contribution in [3.05, 3.63) is 45.6 Å². The molecule has 1 N–H and O–H groups in total. The van der Waals surface area contributed by atoms with E-state index in [9.17, 15) is 13.6 Å². The fraction of sp³-hybridized carbons (Fsp3) is 0.312. The SMILES string of the molecule is Cc1cccc(OC(F)F)c1NC(=O)c1sccc1C(C)C. The number of para-hydroxylation sites is 1. The molecule has 0 aliphatic rings. The molecular weight excluding hydrogens is 308 g/mol. The predicted octanol–water partition coefficient (Wildman–Crippen LogP) is 5.03. The molecule has 1 aromatic heterocycles. The van der Waals surface area contributed by atoms with E-state index in [-0.39, 0.29) is 23.3 Å². The molecule has 1 heterocycles. The number of benzene rings is 1. The Morgan fingerprint density at radius 1 is 1.27 bits per heavy atom. The molecule has 118 valence electrons. The Bertz CT molecular complexity index is 668. The number of hydrogen-bond acceptors (Lipinski definition) is 3. The predicted molar refractivity (Wildman–Crippen MR) is 84.2 cm³/mol. The van der Waals surface area contributed by atoms with Crippen LogP contribution in [0.5, 0.6) is 5.75 Å². The average molecular weight is 325 g/mol. The summed E-state index contributed by atoms with van der Waals surface area (Å²) in [6, 6.07) is 6.64. The van der Waals surface area contributed by atoms with Crippen molar-refractivity contribution in [1.29, 1.82) is 0 Å². The second-order valence-corrected chi connectivity index (χ2v) is 6.06. The van der Waals surface area contributed by atoms with Crippen molar-refractivity contribution >= 4 is 22.9 Å². The summed E-state index contributed by atoms with van der Waals surface area (Å²) in [5.41, 5.74) is 1.87. The lowest BCUT2D eigenvalue weighted by molar-refractivity contribution is -0.0493. The van der Waals surface area contributed by atoms with Crippen LogP contribution in [0.2, 0.25) is 0 Å². The van der Waals surface area contributed by atoms with E-state index in [0.29, 0.717) is 10.4 Å². The van der Waals surface area contributed by atoms with Crippen LogP contribution < -0.4 is 10.1 Å². The van der Waals surface area contributed by atoms with Crippen LogP contribution >= 0.6 is 11.3 Å². The molecule has 0 aliphatic heterocycles. The molecule has 0 saturated carbocycles. The van der Waals surface area contributed by atoms with Gasteiger partial charge in [-0.15, -0.1) is 11.3 Å². The smallest absolute Gasteiger partial charge is 0.387 e. The molecule has 0 saturated heterocycles. The second kappa shape index (κ2) is 6.87. The molecule has 0 unspecified atom stereocenters. The standard InChI is InChI=1S/C16H17F2NO2S/c1-9(2)11-7-8-22-14(11)15(20)19-13-10(3)5-4-6-12(13)21-16(17)18/h4-9,16H,1-3H3,(H,19,20). The van der Waals surface area contributed by atoms with Crippen LogP contribution in [0, 0.1) is 6.92 Å². The van der Waals surface area contributed by atoms with Crippen molar-refractivity contribution in [3.63, 3.8) is 0 Å². The lowest BCUT2D eigenvalue weighted by atomic mass is 10.0. The lowest BCUT2D eigenvalue weighted by Gasteiger charge is -2.14. The van der Waals surface area contributed by atoms with Crippen molar-refractivity contribution in [2.75, 3.05) is 5.32 Å². The zero-order valence-corrected chi connectivity index (χ0v) is 13.3. The number of ether oxygens (including phenoxy) is 1. The fourth-order valence-corrected chi connectivity index (χ4v) is 3.07. The van der Waals surface area contributed by atoms with Crippen LogP contribution in [-0.2, 0) is 0 Å². The monoisotopic (exact) mass is 325 g/mol. The quantitative estimate of drug-likeness (QED) is 0.837. The van der Waals surface area contributed by atoms with Gasteiger partial charge in [0.05, 0.1) is 10.6 Å². The highest BCUT2D eigenvalue weighted by molar-refractivity contribution is 7.12. The number of aryl methyl sites for hydroxylation is 1.